The zero-order valence-electron chi connectivity index (χ0n) is 15.0. The summed E-state index contributed by atoms with van der Waals surface area (Å²) in [6.07, 6.45) is 2.53. The van der Waals surface area contributed by atoms with Gasteiger partial charge in [0.05, 0.1) is 24.8 Å². The number of hydrogen-bond donors (Lipinski definition) is 1. The molecule has 2 heterocycles. The van der Waals surface area contributed by atoms with E-state index in [0.717, 1.165) is 24.8 Å². The second kappa shape index (κ2) is 6.44. The van der Waals surface area contributed by atoms with Gasteiger partial charge in [0.1, 0.15) is 0 Å². The summed E-state index contributed by atoms with van der Waals surface area (Å²) in [5, 5.41) is 22.1. The molecule has 0 bridgehead atoms. The number of likely N-dealkylation sites (tertiary alicyclic amines) is 1. The van der Waals surface area contributed by atoms with Gasteiger partial charge in [-0.25, -0.2) is 0 Å². The number of hydrogen-bond acceptors (Lipinski definition) is 6. The molecule has 138 valence electrons. The van der Waals surface area contributed by atoms with Crippen LogP contribution in [0, 0.1) is 0 Å². The van der Waals surface area contributed by atoms with E-state index in [-0.39, 0.29) is 23.7 Å². The predicted molar refractivity (Wildman–Crippen MR) is 93.3 cm³/mol. The van der Waals surface area contributed by atoms with Gasteiger partial charge in [-0.1, -0.05) is 12.1 Å². The molecular weight excluding hydrogens is 334 g/mol. The van der Waals surface area contributed by atoms with Crippen LogP contribution in [0.5, 0.6) is 0 Å². The van der Waals surface area contributed by atoms with Crippen LogP contribution in [-0.2, 0) is 11.8 Å². The van der Waals surface area contributed by atoms with Gasteiger partial charge in [-0.05, 0) is 43.0 Å². The van der Waals surface area contributed by atoms with Gasteiger partial charge in [-0.15, -0.1) is 10.2 Å². The van der Waals surface area contributed by atoms with Gasteiger partial charge in [-0.3, -0.25) is 4.79 Å². The Labute approximate surface area is 151 Å². The Morgan fingerprint density at radius 2 is 2.08 bits per heavy atom. The fourth-order valence-electron chi connectivity index (χ4n) is 4.25. The highest BCUT2D eigenvalue weighted by molar-refractivity contribution is 5.95. The third kappa shape index (κ3) is 2.79. The monoisotopic (exact) mass is 357 g/mol. The average Bonchev–Trinajstić information content (AvgIpc) is 3.25. The van der Waals surface area contributed by atoms with E-state index in [1.807, 2.05) is 17.0 Å². The molecule has 0 radical (unpaired) electrons. The predicted octanol–water partition coefficient (Wildman–Crippen LogP) is 1.02. The topological polar surface area (TPSA) is 93.4 Å². The Hall–Kier alpha value is -2.32. The first-order valence-corrected chi connectivity index (χ1v) is 8.91. The molecule has 2 aliphatic rings. The molecule has 1 aliphatic heterocycles. The van der Waals surface area contributed by atoms with Crippen LogP contribution >= 0.6 is 0 Å². The van der Waals surface area contributed by atoms with Gasteiger partial charge in [0.2, 0.25) is 5.82 Å². The molecule has 3 atom stereocenters. The maximum atomic E-state index is 13.1. The van der Waals surface area contributed by atoms with Gasteiger partial charge in [0, 0.05) is 24.8 Å². The quantitative estimate of drug-likeness (QED) is 0.882. The number of ether oxygens (including phenoxy) is 1. The Morgan fingerprint density at radius 3 is 2.73 bits per heavy atom. The molecule has 8 heteroatoms. The first kappa shape index (κ1) is 17.1. The number of aliphatic hydroxyl groups excluding tert-OH is 1. The van der Waals surface area contributed by atoms with Gasteiger partial charge in [-0.2, -0.15) is 4.80 Å². The summed E-state index contributed by atoms with van der Waals surface area (Å²) in [5.74, 6) is 0.503. The van der Waals surface area contributed by atoms with E-state index in [1.165, 1.54) is 4.80 Å². The molecule has 0 spiro atoms. The highest BCUT2D eigenvalue weighted by Crippen LogP contribution is 2.42. The number of methoxy groups -OCH3 is 1. The highest BCUT2D eigenvalue weighted by Gasteiger charge is 2.52. The van der Waals surface area contributed by atoms with Gasteiger partial charge in [0.15, 0.2) is 0 Å². The molecule has 1 saturated heterocycles. The minimum Gasteiger partial charge on any atom is -0.393 e. The Kier molecular flexibility index (Phi) is 4.24. The van der Waals surface area contributed by atoms with Crippen molar-refractivity contribution in [2.75, 3.05) is 13.7 Å². The summed E-state index contributed by atoms with van der Waals surface area (Å²) in [5.41, 5.74) is 1.11. The minimum absolute atomic E-state index is 0.0262. The molecule has 8 nitrogen and oxygen atoms in total. The number of aliphatic hydroxyl groups is 1. The third-order valence-corrected chi connectivity index (χ3v) is 5.72. The van der Waals surface area contributed by atoms with Gasteiger partial charge >= 0.3 is 0 Å². The van der Waals surface area contributed by atoms with Gasteiger partial charge in [0.25, 0.3) is 5.91 Å². The lowest BCUT2D eigenvalue weighted by molar-refractivity contribution is -0.0824. The van der Waals surface area contributed by atoms with Crippen LogP contribution in [0.25, 0.3) is 11.4 Å². The fraction of sp³-hybridized carbons (Fsp3) is 0.556. The highest BCUT2D eigenvalue weighted by atomic mass is 16.5. The summed E-state index contributed by atoms with van der Waals surface area (Å²) in [6, 6.07) is 7.17. The maximum absolute atomic E-state index is 13.1. The van der Waals surface area contributed by atoms with Crippen LogP contribution in [-0.4, -0.2) is 67.5 Å². The summed E-state index contributed by atoms with van der Waals surface area (Å²) >= 11 is 0. The number of benzene rings is 1. The van der Waals surface area contributed by atoms with Crippen LogP contribution < -0.4 is 0 Å². The van der Waals surface area contributed by atoms with Crippen LogP contribution in [0.2, 0.25) is 0 Å². The largest absolute Gasteiger partial charge is 0.393 e. The van der Waals surface area contributed by atoms with E-state index >= 15 is 0 Å². The van der Waals surface area contributed by atoms with Gasteiger partial charge < -0.3 is 14.7 Å². The molecule has 1 aromatic carbocycles. The number of carbonyl (C=O) groups excluding carboxylic acids is 1. The zero-order chi connectivity index (χ0) is 18.3. The van der Waals surface area contributed by atoms with Crippen molar-refractivity contribution in [3.05, 3.63) is 29.8 Å². The lowest BCUT2D eigenvalue weighted by Gasteiger charge is -2.42. The lowest BCUT2D eigenvalue weighted by atomic mass is 9.79. The maximum Gasteiger partial charge on any atom is 0.254 e. The lowest BCUT2D eigenvalue weighted by Crippen LogP contribution is -2.52. The number of carbonyl (C=O) groups is 1. The van der Waals surface area contributed by atoms with Crippen molar-refractivity contribution < 1.29 is 14.6 Å². The summed E-state index contributed by atoms with van der Waals surface area (Å²) in [7, 11) is 3.42. The molecular formula is C18H23N5O3. The van der Waals surface area contributed by atoms with Crippen molar-refractivity contribution in [2.24, 2.45) is 7.05 Å². The Bertz CT molecular complexity index is 805. The van der Waals surface area contributed by atoms with Crippen molar-refractivity contribution in [3.8, 4) is 11.4 Å². The molecule has 1 saturated carbocycles. The second-order valence-electron chi connectivity index (χ2n) is 7.14. The fourth-order valence-corrected chi connectivity index (χ4v) is 4.25. The molecule has 1 N–H and O–H groups in total. The normalized spacial score (nSPS) is 28.2. The van der Waals surface area contributed by atoms with E-state index < -0.39 is 0 Å². The molecule has 1 aliphatic carbocycles. The smallest absolute Gasteiger partial charge is 0.254 e. The van der Waals surface area contributed by atoms with Crippen LogP contribution in [0.4, 0.5) is 0 Å². The third-order valence-electron chi connectivity index (χ3n) is 5.72. The first-order chi connectivity index (χ1) is 12.5. The second-order valence-corrected chi connectivity index (χ2v) is 7.14. The van der Waals surface area contributed by atoms with Crippen molar-refractivity contribution >= 4 is 5.91 Å². The zero-order valence-corrected chi connectivity index (χ0v) is 15.0. The average molecular weight is 357 g/mol. The first-order valence-electron chi connectivity index (χ1n) is 8.91. The van der Waals surface area contributed by atoms with Crippen molar-refractivity contribution in [3.63, 3.8) is 0 Å². The SMILES string of the molecule is CO[C@@]12CC[C@H](O)C[C@@H]1N(C(=O)c1ccc(-c3nnn(C)n3)cc1)CC2. The van der Waals surface area contributed by atoms with E-state index in [2.05, 4.69) is 15.4 Å². The van der Waals surface area contributed by atoms with Crippen LogP contribution in [0.15, 0.2) is 24.3 Å². The van der Waals surface area contributed by atoms with E-state index in [0.29, 0.717) is 24.4 Å². The number of rotatable bonds is 3. The van der Waals surface area contributed by atoms with Crippen LogP contribution in [0.1, 0.15) is 36.0 Å². The molecule has 1 aromatic heterocycles. The minimum atomic E-state index is -0.373. The Balaban J connectivity index is 1.55. The number of tetrazole rings is 1. The Morgan fingerprint density at radius 1 is 1.31 bits per heavy atom. The molecule has 2 fully saturated rings. The number of amides is 1. The molecule has 1 amide bonds. The summed E-state index contributed by atoms with van der Waals surface area (Å²) in [4.78, 5) is 16.3. The number of nitrogens with zero attached hydrogens (tertiary/aromatic N) is 5. The molecule has 2 aromatic rings. The van der Waals surface area contributed by atoms with E-state index in [4.69, 9.17) is 4.74 Å². The van der Waals surface area contributed by atoms with Crippen molar-refractivity contribution in [1.82, 2.24) is 25.1 Å². The molecule has 0 unspecified atom stereocenters. The van der Waals surface area contributed by atoms with Crippen molar-refractivity contribution in [1.29, 1.82) is 0 Å². The van der Waals surface area contributed by atoms with E-state index in [1.54, 1.807) is 26.3 Å². The number of fused-ring (bicyclic) bond motifs is 1. The van der Waals surface area contributed by atoms with E-state index in [9.17, 15) is 9.90 Å². The standard InChI is InChI=1S/C18H23N5O3/c1-22-20-16(19-21-22)12-3-5-13(6-4-12)17(25)23-10-9-18(26-2)8-7-14(24)11-15(18)23/h3-6,14-15,24H,7-11H2,1-2H3/t14-,15-,18+/m0/s1. The molecule has 4 rings (SSSR count). The summed E-state index contributed by atoms with van der Waals surface area (Å²) in [6.45, 7) is 0.650. The van der Waals surface area contributed by atoms with Crippen LogP contribution in [0.3, 0.4) is 0 Å². The number of aryl methyl sites for hydroxylation is 1. The van der Waals surface area contributed by atoms with Crippen molar-refractivity contribution in [2.45, 2.75) is 43.4 Å². The molecule has 26 heavy (non-hydrogen) atoms. The number of aromatic nitrogens is 4. The summed E-state index contributed by atoms with van der Waals surface area (Å²) < 4.78 is 5.82.